The highest BCUT2D eigenvalue weighted by Crippen LogP contribution is 2.28. The van der Waals surface area contributed by atoms with Gasteiger partial charge in [0.25, 0.3) is 10.0 Å². The highest BCUT2D eigenvalue weighted by molar-refractivity contribution is 7.92. The van der Waals surface area contributed by atoms with E-state index in [1.165, 1.54) is 30.1 Å². The third-order valence-corrected chi connectivity index (χ3v) is 7.71. The fourth-order valence-electron chi connectivity index (χ4n) is 3.75. The summed E-state index contributed by atoms with van der Waals surface area (Å²) in [7, 11) is -2.76. The second-order valence-corrected chi connectivity index (χ2v) is 10.2. The molecule has 3 rings (SSSR count). The lowest BCUT2D eigenvalue weighted by atomic mass is 10.1. The van der Waals surface area contributed by atoms with Gasteiger partial charge < -0.3 is 10.2 Å². The number of likely N-dealkylation sites (N-methyl/N-ethyl adjacent to an activating group) is 1. The Morgan fingerprint density at radius 3 is 2.17 bits per heavy atom. The van der Waals surface area contributed by atoms with Crippen molar-refractivity contribution in [3.63, 3.8) is 0 Å². The van der Waals surface area contributed by atoms with Crippen molar-refractivity contribution >= 4 is 39.1 Å². The smallest absolute Gasteiger partial charge is 0.264 e. The zero-order valence-corrected chi connectivity index (χ0v) is 21.5. The third kappa shape index (κ3) is 6.22. The third-order valence-electron chi connectivity index (χ3n) is 5.63. The molecule has 1 N–H and O–H groups in total. The van der Waals surface area contributed by atoms with Crippen LogP contribution in [0.3, 0.4) is 0 Å². The molecule has 2 amide bonds. The van der Waals surface area contributed by atoms with Gasteiger partial charge in [-0.1, -0.05) is 67.1 Å². The molecule has 190 valence electrons. The summed E-state index contributed by atoms with van der Waals surface area (Å²) in [6.07, 6.45) is 0.312. The van der Waals surface area contributed by atoms with Crippen molar-refractivity contribution in [2.75, 3.05) is 17.9 Å². The number of nitrogens with zero attached hydrogens (tertiary/aromatic N) is 2. The van der Waals surface area contributed by atoms with E-state index in [4.69, 9.17) is 11.6 Å². The molecule has 3 aromatic rings. The van der Waals surface area contributed by atoms with Gasteiger partial charge in [0.2, 0.25) is 11.8 Å². The monoisotopic (exact) mass is 531 g/mol. The largest absolute Gasteiger partial charge is 0.357 e. The SMILES string of the molecule is CC[C@@H](C(=O)NC)N(Cc1ccccc1)C(=O)CN(c1ccc(F)c(Cl)c1)S(=O)(=O)c1ccccc1. The summed E-state index contributed by atoms with van der Waals surface area (Å²) in [5.41, 5.74) is 0.793. The lowest BCUT2D eigenvalue weighted by Crippen LogP contribution is -2.51. The number of halogens is 2. The van der Waals surface area contributed by atoms with Gasteiger partial charge in [0.15, 0.2) is 0 Å². The number of benzene rings is 3. The van der Waals surface area contributed by atoms with E-state index in [0.29, 0.717) is 6.42 Å². The molecule has 0 radical (unpaired) electrons. The van der Waals surface area contributed by atoms with Crippen LogP contribution < -0.4 is 9.62 Å². The molecule has 0 heterocycles. The lowest BCUT2D eigenvalue weighted by Gasteiger charge is -2.33. The van der Waals surface area contributed by atoms with Gasteiger partial charge in [-0.25, -0.2) is 12.8 Å². The van der Waals surface area contributed by atoms with Crippen LogP contribution in [0.1, 0.15) is 18.9 Å². The molecule has 0 aromatic heterocycles. The van der Waals surface area contributed by atoms with Crippen LogP contribution in [-0.4, -0.2) is 44.8 Å². The average molecular weight is 532 g/mol. The zero-order chi connectivity index (χ0) is 26.3. The first-order chi connectivity index (χ1) is 17.2. The Morgan fingerprint density at radius 2 is 1.61 bits per heavy atom. The molecule has 10 heteroatoms. The van der Waals surface area contributed by atoms with Gasteiger partial charge in [0, 0.05) is 13.6 Å². The van der Waals surface area contributed by atoms with Crippen molar-refractivity contribution in [1.29, 1.82) is 0 Å². The molecule has 3 aromatic carbocycles. The van der Waals surface area contributed by atoms with Gasteiger partial charge >= 0.3 is 0 Å². The minimum absolute atomic E-state index is 0.0197. The summed E-state index contributed by atoms with van der Waals surface area (Å²) in [6, 6.07) is 19.3. The van der Waals surface area contributed by atoms with Crippen LogP contribution in [-0.2, 0) is 26.2 Å². The molecule has 0 aliphatic rings. The molecule has 0 fully saturated rings. The average Bonchev–Trinajstić information content (AvgIpc) is 2.89. The van der Waals surface area contributed by atoms with Crippen molar-refractivity contribution < 1.29 is 22.4 Å². The van der Waals surface area contributed by atoms with E-state index in [2.05, 4.69) is 5.32 Å². The molecule has 0 unspecified atom stereocenters. The van der Waals surface area contributed by atoms with E-state index in [1.807, 2.05) is 30.3 Å². The second-order valence-electron chi connectivity index (χ2n) is 7.97. The quantitative estimate of drug-likeness (QED) is 0.424. The molecule has 0 bridgehead atoms. The molecule has 1 atom stereocenters. The maximum absolute atomic E-state index is 13.9. The minimum atomic E-state index is -4.24. The number of anilines is 1. The predicted molar refractivity (Wildman–Crippen MR) is 138 cm³/mol. The fraction of sp³-hybridized carbons (Fsp3) is 0.231. The van der Waals surface area contributed by atoms with E-state index in [-0.39, 0.29) is 28.1 Å². The first-order valence-electron chi connectivity index (χ1n) is 11.3. The van der Waals surface area contributed by atoms with Gasteiger partial charge in [-0.2, -0.15) is 0 Å². The van der Waals surface area contributed by atoms with Crippen molar-refractivity contribution in [2.45, 2.75) is 30.8 Å². The first kappa shape index (κ1) is 27.2. The number of nitrogens with one attached hydrogen (secondary N) is 1. The molecule has 0 spiro atoms. The van der Waals surface area contributed by atoms with E-state index >= 15 is 0 Å². The van der Waals surface area contributed by atoms with Crippen LogP contribution in [0.5, 0.6) is 0 Å². The van der Waals surface area contributed by atoms with E-state index in [0.717, 1.165) is 22.0 Å². The van der Waals surface area contributed by atoms with Crippen LogP contribution in [0.2, 0.25) is 5.02 Å². The Hall–Kier alpha value is -3.43. The van der Waals surface area contributed by atoms with E-state index in [1.54, 1.807) is 25.1 Å². The summed E-state index contributed by atoms with van der Waals surface area (Å²) >= 11 is 5.95. The van der Waals surface area contributed by atoms with Crippen LogP contribution in [0, 0.1) is 5.82 Å². The molecular formula is C26H27ClFN3O4S. The van der Waals surface area contributed by atoms with Gasteiger partial charge in [0.1, 0.15) is 18.4 Å². The molecule has 7 nitrogen and oxygen atoms in total. The maximum atomic E-state index is 13.9. The predicted octanol–water partition coefficient (Wildman–Crippen LogP) is 4.23. The summed E-state index contributed by atoms with van der Waals surface area (Å²) in [5, 5.41) is 2.28. The molecule has 0 aliphatic heterocycles. The number of amides is 2. The number of hydrogen-bond donors (Lipinski definition) is 1. The Bertz CT molecular complexity index is 1310. The van der Waals surface area contributed by atoms with Crippen LogP contribution in [0.15, 0.2) is 83.8 Å². The van der Waals surface area contributed by atoms with E-state index < -0.39 is 34.3 Å². The first-order valence-corrected chi connectivity index (χ1v) is 13.1. The number of sulfonamides is 1. The number of carbonyl (C=O) groups is 2. The zero-order valence-electron chi connectivity index (χ0n) is 19.9. The normalized spacial score (nSPS) is 12.0. The van der Waals surface area contributed by atoms with Crippen molar-refractivity contribution in [3.05, 3.63) is 95.3 Å². The molecular weight excluding hydrogens is 505 g/mol. The minimum Gasteiger partial charge on any atom is -0.357 e. The highest BCUT2D eigenvalue weighted by atomic mass is 35.5. The van der Waals surface area contributed by atoms with Gasteiger partial charge in [0.05, 0.1) is 15.6 Å². The van der Waals surface area contributed by atoms with Crippen molar-refractivity contribution in [3.8, 4) is 0 Å². The number of hydrogen-bond acceptors (Lipinski definition) is 4. The summed E-state index contributed by atoms with van der Waals surface area (Å²) in [4.78, 5) is 27.7. The number of carbonyl (C=O) groups excluding carboxylic acids is 2. The van der Waals surface area contributed by atoms with Crippen LogP contribution in [0.4, 0.5) is 10.1 Å². The Labute approximate surface area is 215 Å². The highest BCUT2D eigenvalue weighted by Gasteiger charge is 2.33. The molecule has 0 saturated carbocycles. The maximum Gasteiger partial charge on any atom is 0.264 e. The Morgan fingerprint density at radius 1 is 1.00 bits per heavy atom. The molecule has 36 heavy (non-hydrogen) atoms. The topological polar surface area (TPSA) is 86.8 Å². The second kappa shape index (κ2) is 12.0. The summed E-state index contributed by atoms with van der Waals surface area (Å²) in [5.74, 6) is -1.70. The Balaban J connectivity index is 2.06. The van der Waals surface area contributed by atoms with Crippen LogP contribution in [0.25, 0.3) is 0 Å². The van der Waals surface area contributed by atoms with Crippen LogP contribution >= 0.6 is 11.6 Å². The van der Waals surface area contributed by atoms with Gasteiger partial charge in [-0.05, 0) is 42.3 Å². The molecule has 0 aliphatic carbocycles. The lowest BCUT2D eigenvalue weighted by molar-refractivity contribution is -0.140. The standard InChI is InChI=1S/C26H27ClFN3O4S/c1-3-24(26(33)29-2)30(17-19-10-6-4-7-11-19)25(32)18-31(20-14-15-23(28)22(27)16-20)36(34,35)21-12-8-5-9-13-21/h4-16,24H,3,17-18H2,1-2H3,(H,29,33)/t24-/m0/s1. The fourth-order valence-corrected chi connectivity index (χ4v) is 5.36. The number of rotatable bonds is 10. The Kier molecular flexibility index (Phi) is 9.06. The van der Waals surface area contributed by atoms with Gasteiger partial charge in [-0.15, -0.1) is 0 Å². The van der Waals surface area contributed by atoms with E-state index in [9.17, 15) is 22.4 Å². The van der Waals surface area contributed by atoms with Crippen molar-refractivity contribution in [2.24, 2.45) is 0 Å². The molecule has 0 saturated heterocycles. The van der Waals surface area contributed by atoms with Gasteiger partial charge in [-0.3, -0.25) is 13.9 Å². The summed E-state index contributed by atoms with van der Waals surface area (Å²) in [6.45, 7) is 1.23. The van der Waals surface area contributed by atoms with Crippen molar-refractivity contribution in [1.82, 2.24) is 10.2 Å². The summed E-state index contributed by atoms with van der Waals surface area (Å²) < 4.78 is 42.0.